The minimum absolute atomic E-state index is 0.113. The van der Waals surface area contributed by atoms with E-state index in [1.54, 1.807) is 20.8 Å². The van der Waals surface area contributed by atoms with E-state index < -0.39 is 34.4 Å². The average Bonchev–Trinajstić information content (AvgIpc) is 3.21. The lowest BCUT2D eigenvalue weighted by Gasteiger charge is -2.39. The fourth-order valence-electron chi connectivity index (χ4n) is 4.96. The number of ether oxygens (including phenoxy) is 2. The Bertz CT molecular complexity index is 898. The van der Waals surface area contributed by atoms with E-state index >= 15 is 0 Å². The zero-order valence-electron chi connectivity index (χ0n) is 22.8. The molecule has 2 saturated heterocycles. The SMILES string of the molecule is CC(C)(C)OC(=O)N1CC[C@@H](CCCB2OC(C)(C)C(C)(C)O2)[C@@]1(COCc1ccccc1)C(=O)O. The molecule has 1 aromatic rings. The van der Waals surface area contributed by atoms with E-state index in [4.69, 9.17) is 18.8 Å². The first-order chi connectivity index (χ1) is 16.7. The number of amides is 1. The number of hydrogen-bond acceptors (Lipinski definition) is 6. The molecule has 8 nitrogen and oxygen atoms in total. The highest BCUT2D eigenvalue weighted by Crippen LogP contribution is 2.42. The molecule has 1 aromatic carbocycles. The summed E-state index contributed by atoms with van der Waals surface area (Å²) in [6.45, 7) is 13.8. The molecular weight excluding hydrogens is 461 g/mol. The molecule has 0 radical (unpaired) electrons. The van der Waals surface area contributed by atoms with Crippen LogP contribution in [0.4, 0.5) is 4.79 Å². The van der Waals surface area contributed by atoms with Crippen molar-refractivity contribution in [3.63, 3.8) is 0 Å². The Kier molecular flexibility index (Phi) is 8.48. The van der Waals surface area contributed by atoms with Gasteiger partial charge < -0.3 is 23.9 Å². The predicted molar refractivity (Wildman–Crippen MR) is 138 cm³/mol. The predicted octanol–water partition coefficient (Wildman–Crippen LogP) is 5.16. The summed E-state index contributed by atoms with van der Waals surface area (Å²) in [6.07, 6.45) is 1.89. The van der Waals surface area contributed by atoms with Crippen LogP contribution in [0.15, 0.2) is 30.3 Å². The van der Waals surface area contributed by atoms with Crippen LogP contribution in [-0.2, 0) is 30.2 Å². The van der Waals surface area contributed by atoms with Crippen molar-refractivity contribution in [2.45, 2.75) is 103 Å². The molecule has 2 aliphatic heterocycles. The van der Waals surface area contributed by atoms with Crippen LogP contribution in [0.3, 0.4) is 0 Å². The topological polar surface area (TPSA) is 94.5 Å². The van der Waals surface area contributed by atoms with Gasteiger partial charge in [0, 0.05) is 6.54 Å². The van der Waals surface area contributed by atoms with Gasteiger partial charge in [-0.1, -0.05) is 36.8 Å². The van der Waals surface area contributed by atoms with Gasteiger partial charge in [0.05, 0.1) is 24.4 Å². The molecular formula is C27H42BNO7. The maximum Gasteiger partial charge on any atom is 0.457 e. The molecule has 0 spiro atoms. The lowest BCUT2D eigenvalue weighted by Crippen LogP contribution is -2.60. The van der Waals surface area contributed by atoms with Crippen molar-refractivity contribution in [1.29, 1.82) is 0 Å². The summed E-state index contributed by atoms with van der Waals surface area (Å²) < 4.78 is 23.8. The molecule has 2 heterocycles. The normalized spacial score (nSPS) is 25.2. The first kappa shape index (κ1) is 28.5. The van der Waals surface area contributed by atoms with E-state index in [1.165, 1.54) is 4.90 Å². The van der Waals surface area contributed by atoms with Crippen molar-refractivity contribution >= 4 is 19.2 Å². The summed E-state index contributed by atoms with van der Waals surface area (Å²) in [7, 11) is -0.341. The van der Waals surface area contributed by atoms with Crippen LogP contribution in [0.25, 0.3) is 0 Å². The largest absolute Gasteiger partial charge is 0.479 e. The maximum absolute atomic E-state index is 13.1. The Labute approximate surface area is 215 Å². The average molecular weight is 503 g/mol. The zero-order valence-corrected chi connectivity index (χ0v) is 22.8. The smallest absolute Gasteiger partial charge is 0.457 e. The van der Waals surface area contributed by atoms with E-state index in [0.717, 1.165) is 5.56 Å². The van der Waals surface area contributed by atoms with Gasteiger partial charge in [0.15, 0.2) is 5.54 Å². The molecule has 2 aliphatic rings. The highest BCUT2D eigenvalue weighted by molar-refractivity contribution is 6.45. The van der Waals surface area contributed by atoms with Crippen molar-refractivity contribution in [2.24, 2.45) is 5.92 Å². The van der Waals surface area contributed by atoms with Gasteiger partial charge in [0.2, 0.25) is 0 Å². The van der Waals surface area contributed by atoms with Crippen molar-refractivity contribution in [1.82, 2.24) is 4.90 Å². The number of aliphatic carboxylic acids is 1. The Morgan fingerprint density at radius 1 is 1.11 bits per heavy atom. The summed E-state index contributed by atoms with van der Waals surface area (Å²) in [5.41, 5.74) is -2.12. The second kappa shape index (κ2) is 10.7. The van der Waals surface area contributed by atoms with E-state index in [1.807, 2.05) is 58.0 Å². The molecule has 0 saturated carbocycles. The number of carbonyl (C=O) groups is 2. The molecule has 0 unspecified atom stereocenters. The van der Waals surface area contributed by atoms with Crippen molar-refractivity contribution in [3.05, 3.63) is 35.9 Å². The van der Waals surface area contributed by atoms with E-state index in [9.17, 15) is 14.7 Å². The molecule has 2 fully saturated rings. The first-order valence-corrected chi connectivity index (χ1v) is 12.9. The Morgan fingerprint density at radius 2 is 1.72 bits per heavy atom. The number of carboxylic acid groups (broad SMARTS) is 1. The lowest BCUT2D eigenvalue weighted by atomic mass is 9.76. The second-order valence-electron chi connectivity index (χ2n) is 11.9. The van der Waals surface area contributed by atoms with Crippen LogP contribution in [-0.4, -0.2) is 64.7 Å². The lowest BCUT2D eigenvalue weighted by molar-refractivity contribution is -0.157. The summed E-state index contributed by atoms with van der Waals surface area (Å²) >= 11 is 0. The molecule has 3 rings (SSSR count). The quantitative estimate of drug-likeness (QED) is 0.466. The number of carbonyl (C=O) groups excluding carboxylic acids is 1. The van der Waals surface area contributed by atoms with Gasteiger partial charge in [-0.25, -0.2) is 9.59 Å². The Hall–Kier alpha value is -2.10. The Balaban J connectivity index is 1.74. The van der Waals surface area contributed by atoms with Gasteiger partial charge in [-0.3, -0.25) is 4.90 Å². The molecule has 200 valence electrons. The van der Waals surface area contributed by atoms with Gasteiger partial charge in [-0.05, 0) is 79.1 Å². The summed E-state index contributed by atoms with van der Waals surface area (Å²) in [5, 5.41) is 10.5. The molecule has 0 bridgehead atoms. The maximum atomic E-state index is 13.1. The monoisotopic (exact) mass is 503 g/mol. The van der Waals surface area contributed by atoms with Crippen LogP contribution in [0.2, 0.25) is 6.32 Å². The number of nitrogens with zero attached hydrogens (tertiary/aromatic N) is 1. The van der Waals surface area contributed by atoms with Crippen LogP contribution >= 0.6 is 0 Å². The molecule has 0 aromatic heterocycles. The number of benzene rings is 1. The third kappa shape index (κ3) is 6.24. The fourth-order valence-corrected chi connectivity index (χ4v) is 4.96. The van der Waals surface area contributed by atoms with Crippen LogP contribution in [0.1, 0.15) is 73.3 Å². The second-order valence-corrected chi connectivity index (χ2v) is 11.9. The molecule has 0 aliphatic carbocycles. The van der Waals surface area contributed by atoms with Crippen molar-refractivity contribution in [2.75, 3.05) is 13.2 Å². The van der Waals surface area contributed by atoms with Gasteiger partial charge in [0.1, 0.15) is 5.60 Å². The van der Waals surface area contributed by atoms with Gasteiger partial charge in [-0.15, -0.1) is 0 Å². The third-order valence-electron chi connectivity index (χ3n) is 7.57. The summed E-state index contributed by atoms with van der Waals surface area (Å²) in [5.74, 6) is -1.36. The minimum Gasteiger partial charge on any atom is -0.479 e. The van der Waals surface area contributed by atoms with Crippen LogP contribution in [0.5, 0.6) is 0 Å². The van der Waals surface area contributed by atoms with Gasteiger partial charge in [-0.2, -0.15) is 0 Å². The standard InChI is InChI=1S/C27H42BNO7/c1-24(2,3)34-23(32)29-17-15-21(14-11-16-28-35-25(4,5)26(6,7)36-28)27(29,22(30)31)19-33-18-20-12-9-8-10-13-20/h8-10,12-13,21H,11,14-19H2,1-7H3,(H,30,31)/t21-,27+/m1/s1. The van der Waals surface area contributed by atoms with E-state index in [-0.39, 0.29) is 26.3 Å². The number of rotatable bonds is 9. The van der Waals surface area contributed by atoms with E-state index in [0.29, 0.717) is 32.1 Å². The number of likely N-dealkylation sites (tertiary alicyclic amines) is 1. The molecule has 1 N–H and O–H groups in total. The number of hydrogen-bond donors (Lipinski definition) is 1. The number of carboxylic acids is 1. The van der Waals surface area contributed by atoms with Crippen molar-refractivity contribution < 1.29 is 33.5 Å². The third-order valence-corrected chi connectivity index (χ3v) is 7.57. The first-order valence-electron chi connectivity index (χ1n) is 12.9. The summed E-state index contributed by atoms with van der Waals surface area (Å²) in [4.78, 5) is 27.4. The summed E-state index contributed by atoms with van der Waals surface area (Å²) in [6, 6.07) is 9.59. The highest BCUT2D eigenvalue weighted by atomic mass is 16.7. The van der Waals surface area contributed by atoms with Gasteiger partial charge >= 0.3 is 19.2 Å². The molecule has 36 heavy (non-hydrogen) atoms. The van der Waals surface area contributed by atoms with Crippen molar-refractivity contribution in [3.8, 4) is 0 Å². The molecule has 1 amide bonds. The van der Waals surface area contributed by atoms with Gasteiger partial charge in [0.25, 0.3) is 0 Å². The highest BCUT2D eigenvalue weighted by Gasteiger charge is 2.58. The fraction of sp³-hybridized carbons (Fsp3) is 0.704. The zero-order chi connectivity index (χ0) is 26.8. The van der Waals surface area contributed by atoms with E-state index in [2.05, 4.69) is 0 Å². The Morgan fingerprint density at radius 3 is 2.28 bits per heavy atom. The van der Waals surface area contributed by atoms with Crippen LogP contribution in [0, 0.1) is 5.92 Å². The minimum atomic E-state index is -1.51. The van der Waals surface area contributed by atoms with Crippen LogP contribution < -0.4 is 0 Å². The molecule has 9 heteroatoms. The molecule has 2 atom stereocenters.